The lowest BCUT2D eigenvalue weighted by molar-refractivity contribution is -0.0236. The molecule has 0 amide bonds. The molecule has 1 heterocycles. The van der Waals surface area contributed by atoms with Gasteiger partial charge in [-0.05, 0) is 20.3 Å². The highest BCUT2D eigenvalue weighted by atomic mass is 16.5. The van der Waals surface area contributed by atoms with E-state index < -0.39 is 0 Å². The lowest BCUT2D eigenvalue weighted by Crippen LogP contribution is -2.55. The number of nitrogens with zero attached hydrogens (tertiary/aromatic N) is 2. The third kappa shape index (κ3) is 4.49. The van der Waals surface area contributed by atoms with Gasteiger partial charge in [0.1, 0.15) is 0 Å². The number of hydrazine groups is 1. The molecule has 1 aliphatic heterocycles. The standard InChI is InChI=1S/C11H24N4O2/c1-9-8-17-10(2)7-15(9)11(14-12)13-5-4-6-16-3/h9-10H,4-8,12H2,1-3H3,(H,13,14). The summed E-state index contributed by atoms with van der Waals surface area (Å²) in [5, 5.41) is 0. The number of nitrogens with one attached hydrogen (secondary N) is 1. The van der Waals surface area contributed by atoms with Crippen molar-refractivity contribution in [3.63, 3.8) is 0 Å². The van der Waals surface area contributed by atoms with Gasteiger partial charge in [0.05, 0.1) is 18.8 Å². The van der Waals surface area contributed by atoms with Gasteiger partial charge in [0.25, 0.3) is 0 Å². The fraction of sp³-hybridized carbons (Fsp3) is 0.909. The van der Waals surface area contributed by atoms with Crippen molar-refractivity contribution in [2.24, 2.45) is 10.8 Å². The molecule has 17 heavy (non-hydrogen) atoms. The number of nitrogens with two attached hydrogens (primary N) is 1. The predicted molar refractivity (Wildman–Crippen MR) is 67.7 cm³/mol. The molecule has 6 heteroatoms. The van der Waals surface area contributed by atoms with E-state index in [1.54, 1.807) is 7.11 Å². The summed E-state index contributed by atoms with van der Waals surface area (Å²) >= 11 is 0. The molecule has 100 valence electrons. The molecule has 1 aliphatic rings. The molecule has 1 saturated heterocycles. The fourth-order valence-electron chi connectivity index (χ4n) is 1.81. The van der Waals surface area contributed by atoms with E-state index in [1.165, 1.54) is 0 Å². The molecule has 0 aromatic rings. The summed E-state index contributed by atoms with van der Waals surface area (Å²) in [7, 11) is 1.69. The molecule has 3 N–H and O–H groups in total. The maximum atomic E-state index is 5.57. The Balaban J connectivity index is 2.52. The Bertz CT molecular complexity index is 248. The molecule has 6 nitrogen and oxygen atoms in total. The van der Waals surface area contributed by atoms with E-state index in [0.29, 0.717) is 19.2 Å². The normalized spacial score (nSPS) is 26.1. The predicted octanol–water partition coefficient (Wildman–Crippen LogP) is -0.0486. The summed E-state index contributed by atoms with van der Waals surface area (Å²) in [5.41, 5.74) is 2.68. The van der Waals surface area contributed by atoms with Crippen LogP contribution in [0.2, 0.25) is 0 Å². The van der Waals surface area contributed by atoms with Crippen LogP contribution in [0.15, 0.2) is 4.99 Å². The van der Waals surface area contributed by atoms with Gasteiger partial charge in [-0.2, -0.15) is 0 Å². The average Bonchev–Trinajstić information content (AvgIpc) is 2.33. The van der Waals surface area contributed by atoms with Gasteiger partial charge in [0.15, 0.2) is 0 Å². The summed E-state index contributed by atoms with van der Waals surface area (Å²) in [6, 6.07) is 0.295. The second-order valence-electron chi connectivity index (χ2n) is 4.34. The monoisotopic (exact) mass is 244 g/mol. The van der Waals surface area contributed by atoms with Crippen LogP contribution in [-0.4, -0.2) is 56.4 Å². The van der Waals surface area contributed by atoms with Crippen molar-refractivity contribution in [2.75, 3.05) is 33.4 Å². The van der Waals surface area contributed by atoms with Crippen molar-refractivity contribution in [2.45, 2.75) is 32.4 Å². The number of hydrogen-bond donors (Lipinski definition) is 2. The van der Waals surface area contributed by atoms with Gasteiger partial charge in [-0.1, -0.05) is 0 Å². The van der Waals surface area contributed by atoms with E-state index in [9.17, 15) is 0 Å². The number of methoxy groups -OCH3 is 1. The summed E-state index contributed by atoms with van der Waals surface area (Å²) < 4.78 is 10.6. The number of aliphatic imine (C=N–C) groups is 1. The van der Waals surface area contributed by atoms with Crippen molar-refractivity contribution < 1.29 is 9.47 Å². The van der Waals surface area contributed by atoms with Gasteiger partial charge in [0.2, 0.25) is 5.96 Å². The van der Waals surface area contributed by atoms with Crippen LogP contribution < -0.4 is 11.3 Å². The number of morpholine rings is 1. The zero-order valence-electron chi connectivity index (χ0n) is 11.0. The van der Waals surface area contributed by atoms with Crippen molar-refractivity contribution in [3.05, 3.63) is 0 Å². The Kier molecular flexibility index (Phi) is 6.25. The summed E-state index contributed by atoms with van der Waals surface area (Å²) in [6.45, 7) is 7.11. The number of rotatable bonds is 4. The van der Waals surface area contributed by atoms with E-state index >= 15 is 0 Å². The highest BCUT2D eigenvalue weighted by Gasteiger charge is 2.25. The largest absolute Gasteiger partial charge is 0.385 e. The number of guanidine groups is 1. The summed E-state index contributed by atoms with van der Waals surface area (Å²) in [4.78, 5) is 6.61. The fourth-order valence-corrected chi connectivity index (χ4v) is 1.81. The Morgan fingerprint density at radius 3 is 3.00 bits per heavy atom. The van der Waals surface area contributed by atoms with Gasteiger partial charge in [-0.25, -0.2) is 5.84 Å². The van der Waals surface area contributed by atoms with E-state index in [4.69, 9.17) is 15.3 Å². The van der Waals surface area contributed by atoms with E-state index in [-0.39, 0.29) is 6.10 Å². The minimum Gasteiger partial charge on any atom is -0.385 e. The second-order valence-corrected chi connectivity index (χ2v) is 4.34. The van der Waals surface area contributed by atoms with Crippen LogP contribution in [0.5, 0.6) is 0 Å². The highest BCUT2D eigenvalue weighted by molar-refractivity contribution is 5.79. The van der Waals surface area contributed by atoms with Crippen LogP contribution in [0, 0.1) is 0 Å². The Hall–Kier alpha value is -0.850. The first-order valence-electron chi connectivity index (χ1n) is 6.07. The van der Waals surface area contributed by atoms with Crippen molar-refractivity contribution >= 4 is 5.96 Å². The molecule has 0 aromatic carbocycles. The second kappa shape index (κ2) is 7.47. The average molecular weight is 244 g/mol. The van der Waals surface area contributed by atoms with Crippen LogP contribution in [-0.2, 0) is 9.47 Å². The molecule has 0 saturated carbocycles. The van der Waals surface area contributed by atoms with Crippen LogP contribution in [0.3, 0.4) is 0 Å². The van der Waals surface area contributed by atoms with Crippen LogP contribution >= 0.6 is 0 Å². The first kappa shape index (κ1) is 14.2. The lowest BCUT2D eigenvalue weighted by Gasteiger charge is -2.38. The SMILES string of the molecule is COCCCN=C(NN)N1CC(C)OCC1C. The molecule has 1 fully saturated rings. The van der Waals surface area contributed by atoms with Crippen molar-refractivity contribution in [1.82, 2.24) is 10.3 Å². The van der Waals surface area contributed by atoms with Gasteiger partial charge in [-0.15, -0.1) is 0 Å². The van der Waals surface area contributed by atoms with Crippen molar-refractivity contribution in [3.8, 4) is 0 Å². The number of hydrogen-bond acceptors (Lipinski definition) is 4. The van der Waals surface area contributed by atoms with Crippen LogP contribution in [0.1, 0.15) is 20.3 Å². The van der Waals surface area contributed by atoms with Gasteiger partial charge in [0, 0.05) is 26.8 Å². The Morgan fingerprint density at radius 2 is 2.35 bits per heavy atom. The van der Waals surface area contributed by atoms with E-state index in [1.807, 2.05) is 0 Å². The minimum atomic E-state index is 0.212. The molecule has 2 unspecified atom stereocenters. The topological polar surface area (TPSA) is 72.1 Å². The highest BCUT2D eigenvalue weighted by Crippen LogP contribution is 2.11. The molecular formula is C11H24N4O2. The van der Waals surface area contributed by atoms with Gasteiger partial charge in [-0.3, -0.25) is 10.4 Å². The molecule has 0 aliphatic carbocycles. The molecule has 0 spiro atoms. The summed E-state index contributed by atoms with van der Waals surface area (Å²) in [5.74, 6) is 6.27. The maximum Gasteiger partial charge on any atom is 0.208 e. The zero-order valence-corrected chi connectivity index (χ0v) is 11.0. The minimum absolute atomic E-state index is 0.212. The third-order valence-electron chi connectivity index (χ3n) is 2.78. The molecule has 0 aromatic heterocycles. The quantitative estimate of drug-likeness (QED) is 0.238. The van der Waals surface area contributed by atoms with Gasteiger partial charge >= 0.3 is 0 Å². The van der Waals surface area contributed by atoms with E-state index in [0.717, 1.165) is 25.5 Å². The molecule has 2 atom stereocenters. The lowest BCUT2D eigenvalue weighted by atomic mass is 10.2. The van der Waals surface area contributed by atoms with Crippen LogP contribution in [0.4, 0.5) is 0 Å². The molecular weight excluding hydrogens is 220 g/mol. The van der Waals surface area contributed by atoms with Crippen LogP contribution in [0.25, 0.3) is 0 Å². The Morgan fingerprint density at radius 1 is 1.59 bits per heavy atom. The molecule has 1 rings (SSSR count). The zero-order chi connectivity index (χ0) is 12.7. The molecule has 0 bridgehead atoms. The molecule has 0 radical (unpaired) electrons. The smallest absolute Gasteiger partial charge is 0.208 e. The third-order valence-corrected chi connectivity index (χ3v) is 2.78. The van der Waals surface area contributed by atoms with E-state index in [2.05, 4.69) is 29.2 Å². The van der Waals surface area contributed by atoms with Gasteiger partial charge < -0.3 is 14.4 Å². The first-order valence-corrected chi connectivity index (χ1v) is 6.07. The number of ether oxygens (including phenoxy) is 2. The summed E-state index contributed by atoms with van der Waals surface area (Å²) in [6.07, 6.45) is 1.11. The first-order chi connectivity index (χ1) is 8.19. The van der Waals surface area contributed by atoms with Crippen molar-refractivity contribution in [1.29, 1.82) is 0 Å². The maximum absolute atomic E-state index is 5.57. The Labute approximate surface area is 103 Å².